The Kier molecular flexibility index (Phi) is 2.28. The average Bonchev–Trinajstić information content (AvgIpc) is 2.60. The Hall–Kier alpha value is -0.770. The number of hydrogen-bond acceptors (Lipinski definition) is 3. The topological polar surface area (TPSA) is 64.8 Å². The summed E-state index contributed by atoms with van der Waals surface area (Å²) in [6.07, 6.45) is -0.919. The molecule has 0 radical (unpaired) electrons. The fraction of sp³-hybridized carbons (Fsp3) is 0.875. The van der Waals surface area contributed by atoms with Crippen LogP contribution in [0.25, 0.3) is 0 Å². The van der Waals surface area contributed by atoms with Gasteiger partial charge in [-0.05, 0) is 0 Å². The van der Waals surface area contributed by atoms with Gasteiger partial charge in [-0.25, -0.2) is 4.79 Å². The fourth-order valence-electron chi connectivity index (χ4n) is 1.17. The van der Waals surface area contributed by atoms with E-state index in [1.807, 2.05) is 20.8 Å². The zero-order valence-electron chi connectivity index (χ0n) is 7.66. The Morgan fingerprint density at radius 1 is 1.67 bits per heavy atom. The lowest BCUT2D eigenvalue weighted by molar-refractivity contribution is 0.0180. The van der Waals surface area contributed by atoms with E-state index in [0.29, 0.717) is 6.61 Å². The molecule has 12 heavy (non-hydrogen) atoms. The number of ether oxygens (including phenoxy) is 2. The lowest BCUT2D eigenvalue weighted by Gasteiger charge is -2.28. The Morgan fingerprint density at radius 2 is 2.17 bits per heavy atom. The van der Waals surface area contributed by atoms with Crippen molar-refractivity contribution in [3.05, 3.63) is 0 Å². The number of primary amides is 1. The molecule has 4 nitrogen and oxygen atoms in total. The highest BCUT2D eigenvalue weighted by molar-refractivity contribution is 5.65. The summed E-state index contributed by atoms with van der Waals surface area (Å²) in [5.41, 5.74) is 4.82. The Labute approximate surface area is 72.0 Å². The van der Waals surface area contributed by atoms with Crippen molar-refractivity contribution < 1.29 is 14.3 Å². The lowest BCUT2D eigenvalue weighted by Crippen LogP contribution is -2.37. The third-order valence-electron chi connectivity index (χ3n) is 1.79. The van der Waals surface area contributed by atoms with Crippen molar-refractivity contribution in [2.75, 3.05) is 6.61 Å². The van der Waals surface area contributed by atoms with Crippen molar-refractivity contribution in [2.24, 2.45) is 11.1 Å². The first-order valence-electron chi connectivity index (χ1n) is 3.99. The normalized spacial score (nSPS) is 24.8. The summed E-state index contributed by atoms with van der Waals surface area (Å²) in [5, 5.41) is 0. The highest BCUT2D eigenvalue weighted by Crippen LogP contribution is 2.31. The number of rotatable bonds is 2. The molecular formula is C8H15NO3. The highest BCUT2D eigenvalue weighted by Gasteiger charge is 2.42. The monoisotopic (exact) mass is 173 g/mol. The molecule has 0 aromatic carbocycles. The molecule has 1 fully saturated rings. The van der Waals surface area contributed by atoms with E-state index < -0.39 is 6.09 Å². The van der Waals surface area contributed by atoms with Crippen LogP contribution in [-0.4, -0.2) is 24.9 Å². The quantitative estimate of drug-likeness (QED) is 0.631. The summed E-state index contributed by atoms with van der Waals surface area (Å²) in [4.78, 5) is 10.5. The van der Waals surface area contributed by atoms with Gasteiger partial charge in [-0.1, -0.05) is 20.8 Å². The first-order chi connectivity index (χ1) is 5.41. The standard InChI is InChI=1S/C8H15NO3/c1-8(2,3)6(5-4-11-5)12-7(9)10/h5-6H,4H2,1-3H3,(H2,9,10)/t5-,6+/m0/s1. The number of epoxide rings is 1. The summed E-state index contributed by atoms with van der Waals surface area (Å²) < 4.78 is 10.0. The first kappa shape index (κ1) is 9.32. The van der Waals surface area contributed by atoms with Gasteiger partial charge in [-0.2, -0.15) is 0 Å². The number of carbonyl (C=O) groups excluding carboxylic acids is 1. The third-order valence-corrected chi connectivity index (χ3v) is 1.79. The molecule has 0 unspecified atom stereocenters. The van der Waals surface area contributed by atoms with E-state index in [1.165, 1.54) is 0 Å². The molecule has 0 spiro atoms. The minimum Gasteiger partial charge on any atom is -0.443 e. The van der Waals surface area contributed by atoms with Crippen molar-refractivity contribution in [3.63, 3.8) is 0 Å². The molecule has 1 saturated heterocycles. The Morgan fingerprint density at radius 3 is 2.42 bits per heavy atom. The maximum absolute atomic E-state index is 10.5. The SMILES string of the molecule is CC(C)(C)[C@H](OC(N)=O)[C@@H]1CO1. The summed E-state index contributed by atoms with van der Waals surface area (Å²) in [6, 6.07) is 0. The molecule has 0 aromatic rings. The van der Waals surface area contributed by atoms with Crippen LogP contribution in [0, 0.1) is 5.41 Å². The van der Waals surface area contributed by atoms with Crippen LogP contribution in [0.15, 0.2) is 0 Å². The second-order valence-corrected chi connectivity index (χ2v) is 4.10. The van der Waals surface area contributed by atoms with Gasteiger partial charge in [0.25, 0.3) is 0 Å². The van der Waals surface area contributed by atoms with Gasteiger partial charge in [0, 0.05) is 5.41 Å². The van der Waals surface area contributed by atoms with Gasteiger partial charge in [0.1, 0.15) is 12.2 Å². The van der Waals surface area contributed by atoms with Crippen molar-refractivity contribution >= 4 is 6.09 Å². The van der Waals surface area contributed by atoms with Gasteiger partial charge in [0.15, 0.2) is 0 Å². The minimum atomic E-state index is -0.731. The number of amides is 1. The van der Waals surface area contributed by atoms with E-state index in [0.717, 1.165) is 0 Å². The van der Waals surface area contributed by atoms with E-state index >= 15 is 0 Å². The summed E-state index contributed by atoms with van der Waals surface area (Å²) in [6.45, 7) is 6.63. The molecule has 0 aromatic heterocycles. The molecule has 2 N–H and O–H groups in total. The first-order valence-corrected chi connectivity index (χ1v) is 3.99. The van der Waals surface area contributed by atoms with Crippen molar-refractivity contribution in [1.29, 1.82) is 0 Å². The van der Waals surface area contributed by atoms with Gasteiger partial charge < -0.3 is 15.2 Å². The fourth-order valence-corrected chi connectivity index (χ4v) is 1.17. The van der Waals surface area contributed by atoms with Crippen LogP contribution in [0.1, 0.15) is 20.8 Å². The van der Waals surface area contributed by atoms with Crippen LogP contribution in [0.3, 0.4) is 0 Å². The zero-order valence-corrected chi connectivity index (χ0v) is 7.66. The minimum absolute atomic E-state index is 0.0394. The molecule has 4 heteroatoms. The molecule has 1 aliphatic rings. The average molecular weight is 173 g/mol. The summed E-state index contributed by atoms with van der Waals surface area (Å²) in [7, 11) is 0. The van der Waals surface area contributed by atoms with E-state index in [4.69, 9.17) is 15.2 Å². The van der Waals surface area contributed by atoms with Crippen molar-refractivity contribution in [2.45, 2.75) is 33.0 Å². The van der Waals surface area contributed by atoms with Gasteiger partial charge in [-0.3, -0.25) is 0 Å². The number of carbonyl (C=O) groups is 1. The van der Waals surface area contributed by atoms with Gasteiger partial charge >= 0.3 is 6.09 Å². The summed E-state index contributed by atoms with van der Waals surface area (Å²) >= 11 is 0. The number of nitrogens with two attached hydrogens (primary N) is 1. The van der Waals surface area contributed by atoms with Crippen molar-refractivity contribution in [1.82, 2.24) is 0 Å². The van der Waals surface area contributed by atoms with Gasteiger partial charge in [0.2, 0.25) is 0 Å². The second-order valence-electron chi connectivity index (χ2n) is 4.10. The van der Waals surface area contributed by atoms with E-state index in [2.05, 4.69) is 0 Å². The van der Waals surface area contributed by atoms with E-state index in [-0.39, 0.29) is 17.6 Å². The van der Waals surface area contributed by atoms with Gasteiger partial charge in [0.05, 0.1) is 6.61 Å². The molecule has 70 valence electrons. The van der Waals surface area contributed by atoms with E-state index in [9.17, 15) is 4.79 Å². The maximum Gasteiger partial charge on any atom is 0.404 e. The number of hydrogen-bond donors (Lipinski definition) is 1. The third kappa shape index (κ3) is 2.37. The highest BCUT2D eigenvalue weighted by atomic mass is 16.6. The largest absolute Gasteiger partial charge is 0.443 e. The van der Waals surface area contributed by atoms with Crippen LogP contribution in [-0.2, 0) is 9.47 Å². The molecule has 1 heterocycles. The predicted octanol–water partition coefficient (Wildman–Crippen LogP) is 0.895. The lowest BCUT2D eigenvalue weighted by atomic mass is 9.87. The summed E-state index contributed by atoms with van der Waals surface area (Å²) in [5.74, 6) is 0. The molecule has 0 aliphatic carbocycles. The molecule has 1 amide bonds. The smallest absolute Gasteiger partial charge is 0.404 e. The van der Waals surface area contributed by atoms with Crippen LogP contribution >= 0.6 is 0 Å². The second kappa shape index (κ2) is 2.94. The van der Waals surface area contributed by atoms with Crippen molar-refractivity contribution in [3.8, 4) is 0 Å². The van der Waals surface area contributed by atoms with Crippen LogP contribution in [0.2, 0.25) is 0 Å². The van der Waals surface area contributed by atoms with Crippen LogP contribution in [0.5, 0.6) is 0 Å². The van der Waals surface area contributed by atoms with Crippen LogP contribution < -0.4 is 5.73 Å². The van der Waals surface area contributed by atoms with E-state index in [1.54, 1.807) is 0 Å². The molecule has 2 atom stereocenters. The molecule has 1 rings (SSSR count). The van der Waals surface area contributed by atoms with Crippen LogP contribution in [0.4, 0.5) is 4.79 Å². The Bertz CT molecular complexity index is 181. The molecule has 1 aliphatic heterocycles. The molecule has 0 saturated carbocycles. The molecular weight excluding hydrogens is 158 g/mol. The maximum atomic E-state index is 10.5. The zero-order chi connectivity index (χ0) is 9.35. The Balaban J connectivity index is 2.54. The van der Waals surface area contributed by atoms with Gasteiger partial charge in [-0.15, -0.1) is 0 Å². The predicted molar refractivity (Wildman–Crippen MR) is 43.7 cm³/mol. The molecule has 0 bridgehead atoms.